The maximum absolute atomic E-state index is 13.7. The Bertz CT molecular complexity index is 852. The summed E-state index contributed by atoms with van der Waals surface area (Å²) in [6, 6.07) is 4.19. The number of anilines is 1. The van der Waals surface area contributed by atoms with Crippen molar-refractivity contribution < 1.29 is 22.7 Å². The van der Waals surface area contributed by atoms with E-state index in [9.17, 15) is 18.0 Å². The summed E-state index contributed by atoms with van der Waals surface area (Å²) >= 11 is 6.24. The molecule has 0 saturated carbocycles. The van der Waals surface area contributed by atoms with Gasteiger partial charge in [-0.3, -0.25) is 4.79 Å². The average molecular weight is 417 g/mol. The zero-order valence-corrected chi connectivity index (χ0v) is 16.1. The number of benzene rings is 1. The predicted molar refractivity (Wildman–Crippen MR) is 98.9 cm³/mol. The van der Waals surface area contributed by atoms with Gasteiger partial charge in [0.1, 0.15) is 16.6 Å². The number of hydrogen-bond acceptors (Lipinski definition) is 4. The van der Waals surface area contributed by atoms with Crippen LogP contribution < -0.4 is 15.4 Å². The van der Waals surface area contributed by atoms with Gasteiger partial charge >= 0.3 is 6.18 Å². The van der Waals surface area contributed by atoms with E-state index in [4.69, 9.17) is 16.3 Å². The molecule has 2 unspecified atom stereocenters. The first-order chi connectivity index (χ1) is 13.3. The summed E-state index contributed by atoms with van der Waals surface area (Å²) in [5, 5.41) is 9.34. The Morgan fingerprint density at radius 3 is 2.64 bits per heavy atom. The molecule has 6 nitrogen and oxygen atoms in total. The second kappa shape index (κ2) is 7.90. The summed E-state index contributed by atoms with van der Waals surface area (Å²) in [5.74, 6) is -0.0138. The Balaban J connectivity index is 1.99. The molecule has 1 aliphatic heterocycles. The first-order valence-electron chi connectivity index (χ1n) is 8.79. The van der Waals surface area contributed by atoms with Gasteiger partial charge in [0, 0.05) is 13.0 Å². The number of ether oxygens (including phenoxy) is 1. The van der Waals surface area contributed by atoms with E-state index in [2.05, 4.69) is 15.7 Å². The van der Waals surface area contributed by atoms with Crippen LogP contribution in [0.25, 0.3) is 0 Å². The van der Waals surface area contributed by atoms with Gasteiger partial charge in [-0.15, -0.1) is 0 Å². The predicted octanol–water partition coefficient (Wildman–Crippen LogP) is 4.35. The molecule has 10 heteroatoms. The lowest BCUT2D eigenvalue weighted by Gasteiger charge is -2.33. The summed E-state index contributed by atoms with van der Waals surface area (Å²) in [7, 11) is 1.51. The second-order valence-electron chi connectivity index (χ2n) is 6.47. The van der Waals surface area contributed by atoms with E-state index in [1.807, 2.05) is 6.92 Å². The van der Waals surface area contributed by atoms with Crippen molar-refractivity contribution in [2.75, 3.05) is 19.0 Å². The molecular weight excluding hydrogens is 397 g/mol. The highest BCUT2D eigenvalue weighted by molar-refractivity contribution is 6.36. The number of carbonyl (C=O) groups excluding carboxylic acids is 1. The summed E-state index contributed by atoms with van der Waals surface area (Å²) in [4.78, 5) is 12.2. The van der Waals surface area contributed by atoms with Crippen molar-refractivity contribution in [3.8, 4) is 5.75 Å². The summed E-state index contributed by atoms with van der Waals surface area (Å²) in [6.45, 7) is 2.24. The summed E-state index contributed by atoms with van der Waals surface area (Å²) < 4.78 is 47.0. The van der Waals surface area contributed by atoms with E-state index in [-0.39, 0.29) is 23.0 Å². The van der Waals surface area contributed by atoms with Crippen LogP contribution in [0.2, 0.25) is 5.02 Å². The van der Waals surface area contributed by atoms with Crippen molar-refractivity contribution in [2.45, 2.75) is 38.0 Å². The fraction of sp³-hybridized carbons (Fsp3) is 0.444. The van der Waals surface area contributed by atoms with E-state index in [1.54, 1.807) is 24.3 Å². The number of methoxy groups -OCH3 is 1. The monoisotopic (exact) mass is 416 g/mol. The van der Waals surface area contributed by atoms with Crippen molar-refractivity contribution in [1.29, 1.82) is 0 Å². The molecule has 1 aromatic heterocycles. The zero-order chi connectivity index (χ0) is 20.5. The van der Waals surface area contributed by atoms with E-state index >= 15 is 0 Å². The van der Waals surface area contributed by atoms with Gasteiger partial charge in [0.25, 0.3) is 5.91 Å². The third kappa shape index (κ3) is 3.89. The van der Waals surface area contributed by atoms with E-state index in [0.29, 0.717) is 24.3 Å². The number of hydrogen-bond donors (Lipinski definition) is 2. The Labute approximate surface area is 165 Å². The maximum Gasteiger partial charge on any atom is 0.410 e. The number of rotatable bonds is 5. The molecule has 2 aromatic rings. The second-order valence-corrected chi connectivity index (χ2v) is 6.85. The lowest BCUT2D eigenvalue weighted by atomic mass is 9.97. The molecule has 1 aromatic carbocycles. The van der Waals surface area contributed by atoms with Crippen LogP contribution in [0, 0.1) is 0 Å². The molecule has 28 heavy (non-hydrogen) atoms. The van der Waals surface area contributed by atoms with Crippen LogP contribution >= 0.6 is 11.6 Å². The van der Waals surface area contributed by atoms with Crippen molar-refractivity contribution in [3.05, 3.63) is 40.5 Å². The fourth-order valence-corrected chi connectivity index (χ4v) is 3.38. The SMILES string of the molecule is CCCNC(=O)c1nn2c(c1Cl)NC(c1ccc(OC)cc1)CC2C(F)(F)F. The van der Waals surface area contributed by atoms with Crippen molar-refractivity contribution >= 4 is 23.3 Å². The van der Waals surface area contributed by atoms with Crippen molar-refractivity contribution in [2.24, 2.45) is 0 Å². The third-order valence-corrected chi connectivity index (χ3v) is 4.92. The highest BCUT2D eigenvalue weighted by Gasteiger charge is 2.47. The quantitative estimate of drug-likeness (QED) is 0.760. The molecular formula is C18H20ClF3N4O2. The lowest BCUT2D eigenvalue weighted by molar-refractivity contribution is -0.173. The standard InChI is InChI=1S/C18H20ClF3N4O2/c1-3-8-23-17(27)15-14(19)16-24-12(10-4-6-11(28-2)7-5-10)9-13(18(20,21)22)26(16)25-15/h4-7,12-13,24H,3,8-9H2,1-2H3,(H,23,27). The average Bonchev–Trinajstić information content (AvgIpc) is 3.01. The number of alkyl halides is 3. The number of nitrogens with one attached hydrogen (secondary N) is 2. The van der Waals surface area contributed by atoms with Crippen molar-refractivity contribution in [3.63, 3.8) is 0 Å². The Morgan fingerprint density at radius 1 is 1.39 bits per heavy atom. The maximum atomic E-state index is 13.7. The molecule has 0 radical (unpaired) electrons. The largest absolute Gasteiger partial charge is 0.497 e. The topological polar surface area (TPSA) is 68.2 Å². The minimum Gasteiger partial charge on any atom is -0.497 e. The van der Waals surface area contributed by atoms with Gasteiger partial charge in [0.05, 0.1) is 13.2 Å². The molecule has 2 heterocycles. The van der Waals surface area contributed by atoms with Gasteiger partial charge in [0.15, 0.2) is 11.7 Å². The molecule has 2 atom stereocenters. The molecule has 1 amide bonds. The Morgan fingerprint density at radius 2 is 2.07 bits per heavy atom. The lowest BCUT2D eigenvalue weighted by Crippen LogP contribution is -2.36. The van der Waals surface area contributed by atoms with Crippen LogP contribution in [0.1, 0.15) is 47.9 Å². The first kappa shape index (κ1) is 20.3. The molecule has 2 N–H and O–H groups in total. The third-order valence-electron chi connectivity index (χ3n) is 4.56. The number of carbonyl (C=O) groups is 1. The van der Waals surface area contributed by atoms with Crippen LogP contribution in [-0.4, -0.2) is 35.5 Å². The van der Waals surface area contributed by atoms with E-state index in [1.165, 1.54) is 7.11 Å². The van der Waals surface area contributed by atoms with Gasteiger partial charge in [-0.1, -0.05) is 30.7 Å². The number of halogens is 4. The molecule has 3 rings (SSSR count). The molecule has 1 aliphatic rings. The number of fused-ring (bicyclic) bond motifs is 1. The normalized spacial score (nSPS) is 18.9. The van der Waals surface area contributed by atoms with Crippen LogP contribution in [0.15, 0.2) is 24.3 Å². The molecule has 0 saturated heterocycles. The van der Waals surface area contributed by atoms with Crippen LogP contribution in [-0.2, 0) is 0 Å². The first-order valence-corrected chi connectivity index (χ1v) is 9.17. The molecule has 0 bridgehead atoms. The fourth-order valence-electron chi connectivity index (χ4n) is 3.11. The highest BCUT2D eigenvalue weighted by atomic mass is 35.5. The number of amides is 1. The molecule has 152 valence electrons. The minimum atomic E-state index is -4.55. The van der Waals surface area contributed by atoms with Gasteiger partial charge in [-0.2, -0.15) is 18.3 Å². The van der Waals surface area contributed by atoms with Crippen LogP contribution in [0.5, 0.6) is 5.75 Å². The Hall–Kier alpha value is -2.42. The minimum absolute atomic E-state index is 0.0160. The highest BCUT2D eigenvalue weighted by Crippen LogP contribution is 2.46. The van der Waals surface area contributed by atoms with Gasteiger partial charge in [0.2, 0.25) is 0 Å². The molecule has 0 aliphatic carbocycles. The van der Waals surface area contributed by atoms with Gasteiger partial charge in [-0.25, -0.2) is 4.68 Å². The Kier molecular flexibility index (Phi) is 5.74. The molecule has 0 fully saturated rings. The number of nitrogens with zero attached hydrogens (tertiary/aromatic N) is 2. The number of aromatic nitrogens is 2. The summed E-state index contributed by atoms with van der Waals surface area (Å²) in [5.41, 5.74) is 0.429. The van der Waals surface area contributed by atoms with Crippen LogP contribution in [0.3, 0.4) is 0 Å². The molecule has 0 spiro atoms. The van der Waals surface area contributed by atoms with Crippen molar-refractivity contribution in [1.82, 2.24) is 15.1 Å². The summed E-state index contributed by atoms with van der Waals surface area (Å²) in [6.07, 6.45) is -4.15. The smallest absolute Gasteiger partial charge is 0.410 e. The zero-order valence-electron chi connectivity index (χ0n) is 15.3. The van der Waals surface area contributed by atoms with E-state index in [0.717, 1.165) is 4.68 Å². The van der Waals surface area contributed by atoms with Gasteiger partial charge < -0.3 is 15.4 Å². The van der Waals surface area contributed by atoms with E-state index < -0.39 is 24.2 Å². The van der Waals surface area contributed by atoms with Gasteiger partial charge in [-0.05, 0) is 24.1 Å². The van der Waals surface area contributed by atoms with Crippen LogP contribution in [0.4, 0.5) is 19.0 Å².